The van der Waals surface area contributed by atoms with Crippen molar-refractivity contribution in [3.63, 3.8) is 0 Å². The van der Waals surface area contributed by atoms with E-state index in [0.717, 1.165) is 14.5 Å². The summed E-state index contributed by atoms with van der Waals surface area (Å²) in [7, 11) is 3.14. The van der Waals surface area contributed by atoms with E-state index in [1.807, 2.05) is 45.0 Å². The van der Waals surface area contributed by atoms with E-state index in [4.69, 9.17) is 19.2 Å². The first-order valence-corrected chi connectivity index (χ1v) is 15.4. The molecule has 1 aliphatic rings. The summed E-state index contributed by atoms with van der Waals surface area (Å²) in [6, 6.07) is 8.37. The summed E-state index contributed by atoms with van der Waals surface area (Å²) in [5.74, 6) is 1.58. The van der Waals surface area contributed by atoms with Gasteiger partial charge in [0.25, 0.3) is 11.5 Å². The Labute approximate surface area is 259 Å². The normalized spacial score (nSPS) is 14.8. The van der Waals surface area contributed by atoms with Crippen molar-refractivity contribution in [2.45, 2.75) is 26.8 Å². The number of thiazole rings is 1. The molecule has 1 amide bonds. The van der Waals surface area contributed by atoms with E-state index in [2.05, 4.69) is 38.4 Å². The van der Waals surface area contributed by atoms with Gasteiger partial charge in [-0.2, -0.15) is 0 Å². The molecule has 0 saturated carbocycles. The fraction of sp³-hybridized carbons (Fsp3) is 0.300. The molecule has 0 aliphatic carbocycles. The number of benzene rings is 2. The Morgan fingerprint density at radius 3 is 2.41 bits per heavy atom. The van der Waals surface area contributed by atoms with E-state index in [0.29, 0.717) is 63.1 Å². The average Bonchev–Trinajstić information content (AvgIpc) is 3.25. The van der Waals surface area contributed by atoms with Gasteiger partial charge in [-0.1, -0.05) is 24.0 Å². The van der Waals surface area contributed by atoms with Crippen LogP contribution in [0.2, 0.25) is 0 Å². The lowest BCUT2D eigenvalue weighted by Gasteiger charge is -2.30. The van der Waals surface area contributed by atoms with Gasteiger partial charge in [0.05, 0.1) is 39.0 Å². The maximum absolute atomic E-state index is 14.1. The second kappa shape index (κ2) is 13.2. The molecule has 0 N–H and O–H groups in total. The Morgan fingerprint density at radius 2 is 1.83 bits per heavy atom. The molecule has 3 aromatic rings. The molecule has 216 valence electrons. The number of methoxy groups -OCH3 is 2. The fourth-order valence-electron chi connectivity index (χ4n) is 4.72. The molecule has 0 spiro atoms. The smallest absolute Gasteiger partial charge is 0.271 e. The first-order valence-electron chi connectivity index (χ1n) is 12.9. The zero-order valence-corrected chi connectivity index (χ0v) is 27.5. The van der Waals surface area contributed by atoms with Crippen molar-refractivity contribution in [2.24, 2.45) is 4.99 Å². The Morgan fingerprint density at radius 1 is 1.15 bits per heavy atom. The monoisotopic (exact) mass is 703 g/mol. The third-order valence-electron chi connectivity index (χ3n) is 6.70. The summed E-state index contributed by atoms with van der Waals surface area (Å²) in [6.45, 7) is 10.8. The third-order valence-corrected chi connectivity index (χ3v) is 8.86. The molecule has 0 unspecified atom stereocenters. The summed E-state index contributed by atoms with van der Waals surface area (Å²) >= 11 is 8.39. The van der Waals surface area contributed by atoms with Crippen LogP contribution in [0.1, 0.15) is 37.9 Å². The van der Waals surface area contributed by atoms with Gasteiger partial charge in [-0.25, -0.2) is 4.99 Å². The number of likely N-dealkylation sites (N-methyl/N-ethyl adjacent to an activating group) is 1. The fourth-order valence-corrected chi connectivity index (χ4v) is 7.22. The standard InChI is InChI=1S/C30H31Br2N3O5S/c1-7-12-40-27-21(31)13-18(14-22(27)32)15-24-28(36)35-26(20-16-19(38-5)10-11-23(20)39-6)25(17(4)33-30(35)41-24)29(37)34(8-2)9-3/h7,10-11,13-16,26H,1,8-9,12H2,2-6H3/b24-15+/t26-/m1/s1. The van der Waals surface area contributed by atoms with Crippen molar-refractivity contribution in [1.29, 1.82) is 0 Å². The van der Waals surface area contributed by atoms with Gasteiger partial charge in [-0.05, 0) is 94.6 Å². The van der Waals surface area contributed by atoms with Crippen LogP contribution < -0.4 is 29.1 Å². The predicted molar refractivity (Wildman–Crippen MR) is 169 cm³/mol. The number of halogens is 2. The van der Waals surface area contributed by atoms with Crippen LogP contribution in [0, 0.1) is 0 Å². The molecule has 2 aromatic carbocycles. The maximum atomic E-state index is 14.1. The van der Waals surface area contributed by atoms with Gasteiger partial charge in [-0.15, -0.1) is 0 Å². The topological polar surface area (TPSA) is 82.4 Å². The molecular formula is C30H31Br2N3O5S. The Hall–Kier alpha value is -3.15. The van der Waals surface area contributed by atoms with Crippen LogP contribution in [0.25, 0.3) is 6.08 Å². The van der Waals surface area contributed by atoms with Gasteiger partial charge in [0.1, 0.15) is 29.9 Å². The Kier molecular flexibility index (Phi) is 9.93. The number of aromatic nitrogens is 1. The first kappa shape index (κ1) is 30.8. The van der Waals surface area contributed by atoms with E-state index in [1.165, 1.54) is 11.3 Å². The molecule has 41 heavy (non-hydrogen) atoms. The Balaban J connectivity index is 1.97. The lowest BCUT2D eigenvalue weighted by Crippen LogP contribution is -2.43. The van der Waals surface area contributed by atoms with Gasteiger partial charge in [0.15, 0.2) is 4.80 Å². The van der Waals surface area contributed by atoms with Gasteiger partial charge >= 0.3 is 0 Å². The van der Waals surface area contributed by atoms with E-state index in [9.17, 15) is 9.59 Å². The quantitative estimate of drug-likeness (QED) is 0.271. The van der Waals surface area contributed by atoms with Gasteiger partial charge in [-0.3, -0.25) is 14.2 Å². The summed E-state index contributed by atoms with van der Waals surface area (Å²) in [5.41, 5.74) is 2.14. The summed E-state index contributed by atoms with van der Waals surface area (Å²) < 4.78 is 20.5. The molecule has 11 heteroatoms. The lowest BCUT2D eigenvalue weighted by atomic mass is 9.93. The van der Waals surface area contributed by atoms with Crippen LogP contribution in [-0.2, 0) is 4.79 Å². The second-order valence-corrected chi connectivity index (χ2v) is 11.8. The molecule has 0 saturated heterocycles. The molecule has 0 bridgehead atoms. The molecule has 2 heterocycles. The summed E-state index contributed by atoms with van der Waals surface area (Å²) in [5, 5.41) is 0. The van der Waals surface area contributed by atoms with Crippen LogP contribution >= 0.6 is 43.2 Å². The van der Waals surface area contributed by atoms with Crippen molar-refractivity contribution >= 4 is 55.2 Å². The highest BCUT2D eigenvalue weighted by atomic mass is 79.9. The Bertz CT molecular complexity index is 1680. The van der Waals surface area contributed by atoms with Crippen molar-refractivity contribution in [2.75, 3.05) is 33.9 Å². The maximum Gasteiger partial charge on any atom is 0.271 e. The SMILES string of the molecule is C=CCOc1c(Br)cc(/C=c2/sc3n(c2=O)[C@H](c2cc(OC)ccc2OC)C(C(=O)N(CC)CC)=C(C)N=3)cc1Br. The third kappa shape index (κ3) is 6.07. The average molecular weight is 705 g/mol. The molecule has 1 aliphatic heterocycles. The highest BCUT2D eigenvalue weighted by molar-refractivity contribution is 9.11. The summed E-state index contributed by atoms with van der Waals surface area (Å²) in [6.07, 6.45) is 3.48. The summed E-state index contributed by atoms with van der Waals surface area (Å²) in [4.78, 5) is 35.0. The van der Waals surface area contributed by atoms with Gasteiger partial charge in [0.2, 0.25) is 0 Å². The lowest BCUT2D eigenvalue weighted by molar-refractivity contribution is -0.127. The van der Waals surface area contributed by atoms with E-state index >= 15 is 0 Å². The van der Waals surface area contributed by atoms with E-state index < -0.39 is 6.04 Å². The van der Waals surface area contributed by atoms with Crippen LogP contribution in [0.4, 0.5) is 0 Å². The molecule has 0 fully saturated rings. The van der Waals surface area contributed by atoms with Crippen LogP contribution in [0.3, 0.4) is 0 Å². The number of hydrogen-bond acceptors (Lipinski definition) is 7. The molecule has 8 nitrogen and oxygen atoms in total. The number of hydrogen-bond donors (Lipinski definition) is 0. The molecule has 1 aromatic heterocycles. The zero-order chi connectivity index (χ0) is 29.8. The van der Waals surface area contributed by atoms with Gasteiger partial charge in [0, 0.05) is 18.7 Å². The van der Waals surface area contributed by atoms with E-state index in [-0.39, 0.29) is 11.5 Å². The van der Waals surface area contributed by atoms with Crippen LogP contribution in [0.15, 0.2) is 73.0 Å². The van der Waals surface area contributed by atoms with Crippen LogP contribution in [0.5, 0.6) is 17.2 Å². The molecular weight excluding hydrogens is 674 g/mol. The second-order valence-electron chi connectivity index (χ2n) is 9.08. The van der Waals surface area contributed by atoms with Crippen molar-refractivity contribution < 1.29 is 19.0 Å². The van der Waals surface area contributed by atoms with Gasteiger partial charge < -0.3 is 19.1 Å². The number of rotatable bonds is 10. The zero-order valence-electron chi connectivity index (χ0n) is 23.5. The minimum Gasteiger partial charge on any atom is -0.497 e. The van der Waals surface area contributed by atoms with E-state index in [1.54, 1.807) is 41.9 Å². The first-order chi connectivity index (χ1) is 19.7. The predicted octanol–water partition coefficient (Wildman–Crippen LogP) is 5.21. The number of nitrogens with zero attached hydrogens (tertiary/aromatic N) is 3. The number of amides is 1. The highest BCUT2D eigenvalue weighted by Gasteiger charge is 2.36. The molecule has 0 radical (unpaired) electrons. The number of carbonyl (C=O) groups is 1. The number of carbonyl (C=O) groups excluding carboxylic acids is 1. The van der Waals surface area contributed by atoms with Crippen molar-refractivity contribution in [1.82, 2.24) is 9.47 Å². The minimum absolute atomic E-state index is 0.177. The van der Waals surface area contributed by atoms with Crippen molar-refractivity contribution in [3.8, 4) is 17.2 Å². The molecule has 4 rings (SSSR count). The minimum atomic E-state index is -0.764. The number of allylic oxidation sites excluding steroid dienone is 1. The molecule has 1 atom stereocenters. The number of fused-ring (bicyclic) bond motifs is 1. The van der Waals surface area contributed by atoms with Crippen LogP contribution in [-0.4, -0.2) is 49.3 Å². The van der Waals surface area contributed by atoms with Crippen molar-refractivity contribution in [3.05, 3.63) is 94.0 Å². The highest BCUT2D eigenvalue weighted by Crippen LogP contribution is 2.38. The number of ether oxygens (including phenoxy) is 3. The largest absolute Gasteiger partial charge is 0.497 e.